The molecule has 0 saturated carbocycles. The molecule has 0 spiro atoms. The molecule has 1 saturated heterocycles. The van der Waals surface area contributed by atoms with Crippen LogP contribution in [0.25, 0.3) is 0 Å². The van der Waals surface area contributed by atoms with Gasteiger partial charge >= 0.3 is 19.8 Å². The summed E-state index contributed by atoms with van der Waals surface area (Å²) in [5, 5.41) is 0. The molecule has 0 aromatic carbocycles. The number of esters is 2. The van der Waals surface area contributed by atoms with E-state index in [4.69, 9.17) is 23.3 Å². The third-order valence-corrected chi connectivity index (χ3v) is 10.7. The minimum atomic E-state index is -4.40. The third kappa shape index (κ3) is 35.6. The zero-order valence-electron chi connectivity index (χ0n) is 36.8. The molecule has 1 N–H and O–H groups in total. The Morgan fingerprint density at radius 3 is 1.86 bits per heavy atom. The lowest BCUT2D eigenvalue weighted by Gasteiger charge is -2.24. The smallest absolute Gasteiger partial charge is 0.462 e. The highest BCUT2D eigenvalue weighted by Crippen LogP contribution is 2.43. The van der Waals surface area contributed by atoms with Gasteiger partial charge in [0, 0.05) is 12.8 Å². The van der Waals surface area contributed by atoms with Gasteiger partial charge in [0.1, 0.15) is 19.8 Å². The van der Waals surface area contributed by atoms with Crippen LogP contribution in [0.1, 0.15) is 168 Å². The maximum Gasteiger partial charge on any atom is 0.472 e. The van der Waals surface area contributed by atoms with Crippen molar-refractivity contribution in [1.29, 1.82) is 0 Å². The number of carbonyl (C=O) groups is 2. The standard InChI is InChI=1S/C46H82NO9P/c1-6-8-10-11-12-13-14-15-16-17-18-22-25-28-32-36-45(48)52-40-42(41-54-57(50,51)53-39-38-47(3,4)5)55-46(49)37-33-29-26-23-20-19-21-24-27-31-35-44-43(56-44)34-30-9-7-2/h15-16,19,21,23,26-27,31,42-44H,6-14,17-18,20,22,24-25,28-30,32-41H2,1-5H3/p+1/b16-15-,21-19-,26-23-,31-27-. The van der Waals surface area contributed by atoms with Crippen LogP contribution in [0.15, 0.2) is 48.6 Å². The molecule has 1 aliphatic heterocycles. The van der Waals surface area contributed by atoms with Gasteiger partial charge < -0.3 is 23.6 Å². The summed E-state index contributed by atoms with van der Waals surface area (Å²) in [6, 6.07) is 0. The topological polar surface area (TPSA) is 121 Å². The van der Waals surface area contributed by atoms with E-state index in [0.29, 0.717) is 36.1 Å². The second-order valence-corrected chi connectivity index (χ2v) is 17.9. The van der Waals surface area contributed by atoms with Crippen LogP contribution in [0.5, 0.6) is 0 Å². The molecule has 1 fully saturated rings. The van der Waals surface area contributed by atoms with E-state index in [1.807, 2.05) is 27.2 Å². The van der Waals surface area contributed by atoms with E-state index in [0.717, 1.165) is 57.8 Å². The van der Waals surface area contributed by atoms with Crippen molar-refractivity contribution >= 4 is 19.8 Å². The number of unbranched alkanes of at least 4 members (excludes halogenated alkanes) is 14. The second kappa shape index (κ2) is 34.8. The largest absolute Gasteiger partial charge is 0.472 e. The number of nitrogens with zero attached hydrogens (tertiary/aromatic N) is 1. The van der Waals surface area contributed by atoms with Crippen molar-refractivity contribution in [3.05, 3.63) is 48.6 Å². The van der Waals surface area contributed by atoms with E-state index in [9.17, 15) is 19.0 Å². The Morgan fingerprint density at radius 1 is 0.649 bits per heavy atom. The fourth-order valence-electron chi connectivity index (χ4n) is 6.09. The van der Waals surface area contributed by atoms with Gasteiger partial charge in [-0.05, 0) is 70.6 Å². The van der Waals surface area contributed by atoms with Crippen molar-refractivity contribution in [3.8, 4) is 0 Å². The number of carbonyl (C=O) groups excluding carboxylic acids is 2. The van der Waals surface area contributed by atoms with E-state index in [2.05, 4.69) is 56.4 Å². The van der Waals surface area contributed by atoms with Crippen LogP contribution in [0, 0.1) is 0 Å². The third-order valence-electron chi connectivity index (χ3n) is 9.76. The zero-order chi connectivity index (χ0) is 41.9. The number of rotatable bonds is 39. The van der Waals surface area contributed by atoms with Crippen molar-refractivity contribution in [2.75, 3.05) is 47.5 Å². The van der Waals surface area contributed by atoms with Gasteiger partial charge in [0.2, 0.25) is 0 Å². The number of phosphoric acid groups is 1. The minimum absolute atomic E-state index is 0.0168. The maximum absolute atomic E-state index is 12.7. The summed E-state index contributed by atoms with van der Waals surface area (Å²) in [5.74, 6) is -0.881. The number of allylic oxidation sites excluding steroid dienone is 7. The van der Waals surface area contributed by atoms with Crippen molar-refractivity contribution in [3.63, 3.8) is 0 Å². The summed E-state index contributed by atoms with van der Waals surface area (Å²) in [5.41, 5.74) is 0. The van der Waals surface area contributed by atoms with E-state index < -0.39 is 32.5 Å². The highest BCUT2D eigenvalue weighted by molar-refractivity contribution is 7.47. The first-order valence-electron chi connectivity index (χ1n) is 22.5. The summed E-state index contributed by atoms with van der Waals surface area (Å²) in [7, 11) is 1.43. The number of phosphoric ester groups is 1. The molecule has 0 bridgehead atoms. The molecule has 1 heterocycles. The molecule has 10 nitrogen and oxygen atoms in total. The normalized spacial score (nSPS) is 17.6. The van der Waals surface area contributed by atoms with Gasteiger partial charge in [0.25, 0.3) is 0 Å². The number of hydrogen-bond acceptors (Lipinski definition) is 8. The first-order valence-corrected chi connectivity index (χ1v) is 24.0. The average Bonchev–Trinajstić information content (AvgIpc) is 3.91. The molecule has 1 rings (SSSR count). The van der Waals surface area contributed by atoms with Crippen molar-refractivity contribution < 1.29 is 46.8 Å². The summed E-state index contributed by atoms with van der Waals surface area (Å²) >= 11 is 0. The quantitative estimate of drug-likeness (QED) is 0.0161. The Kier molecular flexibility index (Phi) is 32.3. The van der Waals surface area contributed by atoms with E-state index in [1.165, 1.54) is 70.6 Å². The monoisotopic (exact) mass is 825 g/mol. The second-order valence-electron chi connectivity index (χ2n) is 16.5. The van der Waals surface area contributed by atoms with Crippen LogP contribution in [-0.4, -0.2) is 87.1 Å². The van der Waals surface area contributed by atoms with Crippen LogP contribution >= 0.6 is 7.82 Å². The Bertz CT molecular complexity index is 1180. The Hall–Kier alpha value is -2.07. The van der Waals surface area contributed by atoms with Crippen LogP contribution in [0.3, 0.4) is 0 Å². The van der Waals surface area contributed by atoms with E-state index >= 15 is 0 Å². The molecule has 57 heavy (non-hydrogen) atoms. The fraction of sp³-hybridized carbons (Fsp3) is 0.783. The number of ether oxygens (including phenoxy) is 3. The van der Waals surface area contributed by atoms with Gasteiger partial charge in [0.05, 0.1) is 40.0 Å². The first kappa shape index (κ1) is 52.9. The van der Waals surface area contributed by atoms with Crippen LogP contribution in [-0.2, 0) is 37.4 Å². The van der Waals surface area contributed by atoms with Crippen molar-refractivity contribution in [2.45, 2.75) is 186 Å². The SMILES string of the molecule is CCCCCCCC/C=C\CCCCCCCC(=O)OCC(COP(=O)(O)OCC[N+](C)(C)C)OC(=O)CCC/C=C\C/C=C\C/C=C\CC1OC1CCCCC. The molecule has 0 amide bonds. The predicted octanol–water partition coefficient (Wildman–Crippen LogP) is 11.7. The molecule has 0 aliphatic carbocycles. The molecule has 330 valence electrons. The summed E-state index contributed by atoms with van der Waals surface area (Å²) in [4.78, 5) is 35.4. The fourth-order valence-corrected chi connectivity index (χ4v) is 6.84. The number of epoxide rings is 1. The molecule has 0 aromatic rings. The maximum atomic E-state index is 12.7. The summed E-state index contributed by atoms with van der Waals surface area (Å²) < 4.78 is 40.0. The van der Waals surface area contributed by atoms with Crippen molar-refractivity contribution in [2.24, 2.45) is 0 Å². The molecule has 4 atom stereocenters. The summed E-state index contributed by atoms with van der Waals surface area (Å²) in [6.07, 6.45) is 42.0. The lowest BCUT2D eigenvalue weighted by atomic mass is 10.1. The number of quaternary nitrogens is 1. The van der Waals surface area contributed by atoms with Gasteiger partial charge in [-0.2, -0.15) is 0 Å². The molecule has 11 heteroatoms. The zero-order valence-corrected chi connectivity index (χ0v) is 37.7. The van der Waals surface area contributed by atoms with Crippen LogP contribution in [0.4, 0.5) is 0 Å². The lowest BCUT2D eigenvalue weighted by molar-refractivity contribution is -0.870. The van der Waals surface area contributed by atoms with E-state index in [-0.39, 0.29) is 26.1 Å². The number of hydrogen-bond donors (Lipinski definition) is 1. The Balaban J connectivity index is 2.32. The predicted molar refractivity (Wildman–Crippen MR) is 233 cm³/mol. The highest BCUT2D eigenvalue weighted by Gasteiger charge is 2.36. The van der Waals surface area contributed by atoms with Crippen LogP contribution < -0.4 is 0 Å². The molecular weight excluding hydrogens is 741 g/mol. The first-order chi connectivity index (χ1) is 27.5. The van der Waals surface area contributed by atoms with Gasteiger partial charge in [-0.15, -0.1) is 0 Å². The molecule has 0 aromatic heterocycles. The Labute approximate surface area is 348 Å². The molecule has 0 radical (unpaired) electrons. The molecular formula is C46H83NO9P+. The van der Waals surface area contributed by atoms with Gasteiger partial charge in [-0.25, -0.2) is 4.57 Å². The lowest BCUT2D eigenvalue weighted by Crippen LogP contribution is -2.37. The van der Waals surface area contributed by atoms with E-state index in [1.54, 1.807) is 0 Å². The van der Waals surface area contributed by atoms with Crippen molar-refractivity contribution in [1.82, 2.24) is 0 Å². The molecule has 4 unspecified atom stereocenters. The Morgan fingerprint density at radius 2 is 1.19 bits per heavy atom. The minimum Gasteiger partial charge on any atom is -0.462 e. The summed E-state index contributed by atoms with van der Waals surface area (Å²) in [6.45, 7) is 4.30. The van der Waals surface area contributed by atoms with Gasteiger partial charge in [-0.1, -0.05) is 133 Å². The van der Waals surface area contributed by atoms with Gasteiger partial charge in [-0.3, -0.25) is 18.6 Å². The molecule has 1 aliphatic rings. The highest BCUT2D eigenvalue weighted by atomic mass is 31.2. The average molecular weight is 825 g/mol. The van der Waals surface area contributed by atoms with Gasteiger partial charge in [0.15, 0.2) is 6.10 Å². The number of likely N-dealkylation sites (N-methyl/N-ethyl adjacent to an activating group) is 1. The van der Waals surface area contributed by atoms with Crippen LogP contribution in [0.2, 0.25) is 0 Å².